The van der Waals surface area contributed by atoms with Gasteiger partial charge in [-0.1, -0.05) is 24.4 Å². The van der Waals surface area contributed by atoms with Crippen LogP contribution in [0.5, 0.6) is 0 Å². The summed E-state index contributed by atoms with van der Waals surface area (Å²) in [4.78, 5) is 0.0600. The normalized spacial score (nSPS) is 21.7. The average molecular weight is 364 g/mol. The Morgan fingerprint density at radius 3 is 2.68 bits per heavy atom. The first kappa shape index (κ1) is 19.2. The highest BCUT2D eigenvalue weighted by Gasteiger charge is 2.28. The van der Waals surface area contributed by atoms with Crippen molar-refractivity contribution in [3.05, 3.63) is 28.8 Å². The highest BCUT2D eigenvalue weighted by atomic mass is 35.5. The van der Waals surface area contributed by atoms with Crippen LogP contribution in [0.4, 0.5) is 0 Å². The van der Waals surface area contributed by atoms with Crippen LogP contribution in [-0.4, -0.2) is 21.0 Å². The molecule has 1 aromatic rings. The fourth-order valence-electron chi connectivity index (χ4n) is 2.67. The Kier molecular flexibility index (Phi) is 7.10. The highest BCUT2D eigenvalue weighted by Crippen LogP contribution is 2.26. The van der Waals surface area contributed by atoms with E-state index in [1.165, 1.54) is 18.2 Å². The molecular weight excluding hydrogens is 345 g/mol. The van der Waals surface area contributed by atoms with Gasteiger partial charge in [0.2, 0.25) is 10.0 Å². The van der Waals surface area contributed by atoms with Crippen molar-refractivity contribution in [3.63, 3.8) is 0 Å². The Bertz CT molecular complexity index is 659. The third-order valence-corrected chi connectivity index (χ3v) is 5.70. The standard InChI is InChI=1S/C14H18ClN3O2S.ClH/c15-13-6-5-12(7-11(13)9-17)21(19,20)18-14-4-2-1-3-10(14)8-16;/h5-7,10,14,18H,1-4,8,16H2;1H. The van der Waals surface area contributed by atoms with Gasteiger partial charge in [-0.15, -0.1) is 12.4 Å². The maximum absolute atomic E-state index is 12.4. The molecule has 3 N–H and O–H groups in total. The molecule has 22 heavy (non-hydrogen) atoms. The first-order valence-corrected chi connectivity index (χ1v) is 8.76. The molecule has 2 atom stereocenters. The Labute approximate surface area is 142 Å². The quantitative estimate of drug-likeness (QED) is 0.858. The van der Waals surface area contributed by atoms with E-state index in [-0.39, 0.29) is 39.8 Å². The molecule has 2 rings (SSSR count). The number of hydrogen-bond acceptors (Lipinski definition) is 4. The summed E-state index contributed by atoms with van der Waals surface area (Å²) in [6.07, 6.45) is 3.81. The summed E-state index contributed by atoms with van der Waals surface area (Å²) in [7, 11) is -3.67. The van der Waals surface area contributed by atoms with Gasteiger partial charge in [0.05, 0.1) is 15.5 Å². The van der Waals surface area contributed by atoms with Gasteiger partial charge in [-0.25, -0.2) is 13.1 Å². The number of hydrogen-bond donors (Lipinski definition) is 2. The molecule has 0 aliphatic heterocycles. The average Bonchev–Trinajstić information content (AvgIpc) is 2.47. The molecule has 1 aliphatic rings. The molecule has 5 nitrogen and oxygen atoms in total. The number of nitrogens with two attached hydrogens (primary N) is 1. The lowest BCUT2D eigenvalue weighted by molar-refractivity contribution is 0.296. The van der Waals surface area contributed by atoms with Crippen molar-refractivity contribution >= 4 is 34.0 Å². The number of rotatable bonds is 4. The summed E-state index contributed by atoms with van der Waals surface area (Å²) in [6, 6.07) is 5.88. The number of nitrogens with zero attached hydrogens (tertiary/aromatic N) is 1. The third kappa shape index (κ3) is 4.34. The van der Waals surface area contributed by atoms with Crippen molar-refractivity contribution in [2.45, 2.75) is 36.6 Å². The third-order valence-electron chi connectivity index (χ3n) is 3.89. The van der Waals surface area contributed by atoms with E-state index >= 15 is 0 Å². The van der Waals surface area contributed by atoms with Crippen LogP contribution in [0, 0.1) is 17.2 Å². The van der Waals surface area contributed by atoms with E-state index in [0.717, 1.165) is 25.7 Å². The van der Waals surface area contributed by atoms with E-state index in [0.29, 0.717) is 6.54 Å². The first-order chi connectivity index (χ1) is 9.97. The molecule has 0 amide bonds. The van der Waals surface area contributed by atoms with Gasteiger partial charge in [0.1, 0.15) is 6.07 Å². The largest absolute Gasteiger partial charge is 0.330 e. The summed E-state index contributed by atoms with van der Waals surface area (Å²) in [5.74, 6) is 0.163. The van der Waals surface area contributed by atoms with Gasteiger partial charge in [-0.3, -0.25) is 0 Å². The topological polar surface area (TPSA) is 96.0 Å². The molecule has 0 aromatic heterocycles. The zero-order valence-corrected chi connectivity index (χ0v) is 14.3. The minimum absolute atomic E-state index is 0. The number of halogens is 2. The van der Waals surface area contributed by atoms with Gasteiger partial charge in [-0.2, -0.15) is 5.26 Å². The molecule has 0 saturated heterocycles. The summed E-state index contributed by atoms with van der Waals surface area (Å²) in [6.45, 7) is 0.469. The van der Waals surface area contributed by atoms with Crippen LogP contribution < -0.4 is 10.5 Å². The monoisotopic (exact) mass is 363 g/mol. The summed E-state index contributed by atoms with van der Waals surface area (Å²) >= 11 is 5.83. The zero-order chi connectivity index (χ0) is 15.5. The predicted molar refractivity (Wildman–Crippen MR) is 88.5 cm³/mol. The van der Waals surface area contributed by atoms with Gasteiger partial charge in [0.25, 0.3) is 0 Å². The van der Waals surface area contributed by atoms with Crippen LogP contribution in [0.2, 0.25) is 5.02 Å². The minimum Gasteiger partial charge on any atom is -0.330 e. The van der Waals surface area contributed by atoms with Crippen LogP contribution >= 0.6 is 24.0 Å². The van der Waals surface area contributed by atoms with Crippen molar-refractivity contribution in [3.8, 4) is 6.07 Å². The smallest absolute Gasteiger partial charge is 0.240 e. The van der Waals surface area contributed by atoms with E-state index in [2.05, 4.69) is 4.72 Å². The molecule has 0 radical (unpaired) electrons. The van der Waals surface area contributed by atoms with E-state index in [1.54, 1.807) is 0 Å². The lowest BCUT2D eigenvalue weighted by atomic mass is 9.85. The van der Waals surface area contributed by atoms with Crippen LogP contribution in [0.15, 0.2) is 23.1 Å². The van der Waals surface area contributed by atoms with E-state index < -0.39 is 10.0 Å². The fraction of sp³-hybridized carbons (Fsp3) is 0.500. The molecule has 0 bridgehead atoms. The Morgan fingerprint density at radius 2 is 2.05 bits per heavy atom. The van der Waals surface area contributed by atoms with Crippen molar-refractivity contribution in [2.75, 3.05) is 6.54 Å². The van der Waals surface area contributed by atoms with Crippen molar-refractivity contribution < 1.29 is 8.42 Å². The van der Waals surface area contributed by atoms with Gasteiger partial charge < -0.3 is 5.73 Å². The fourth-order valence-corrected chi connectivity index (χ4v) is 4.19. The van der Waals surface area contributed by atoms with E-state index in [1.807, 2.05) is 6.07 Å². The predicted octanol–water partition coefficient (Wildman–Crippen LogP) is 2.43. The first-order valence-electron chi connectivity index (χ1n) is 6.90. The second-order valence-electron chi connectivity index (χ2n) is 5.26. The van der Waals surface area contributed by atoms with Crippen molar-refractivity contribution in [1.82, 2.24) is 4.72 Å². The van der Waals surface area contributed by atoms with Crippen molar-refractivity contribution in [1.29, 1.82) is 5.26 Å². The lowest BCUT2D eigenvalue weighted by Gasteiger charge is -2.31. The van der Waals surface area contributed by atoms with E-state index in [9.17, 15) is 8.42 Å². The Morgan fingerprint density at radius 1 is 1.36 bits per heavy atom. The Hall–Kier alpha value is -0.840. The maximum atomic E-state index is 12.4. The van der Waals surface area contributed by atoms with Crippen molar-refractivity contribution in [2.24, 2.45) is 11.7 Å². The van der Waals surface area contributed by atoms with Gasteiger partial charge in [0.15, 0.2) is 0 Å². The van der Waals surface area contributed by atoms with E-state index in [4.69, 9.17) is 22.6 Å². The summed E-state index contributed by atoms with van der Waals surface area (Å²) in [5.41, 5.74) is 5.87. The molecule has 1 fully saturated rings. The van der Waals surface area contributed by atoms with Gasteiger partial charge in [0, 0.05) is 6.04 Å². The lowest BCUT2D eigenvalue weighted by Crippen LogP contribution is -2.44. The molecule has 1 aliphatic carbocycles. The molecule has 8 heteroatoms. The number of nitrogens with one attached hydrogen (secondary N) is 1. The summed E-state index contributed by atoms with van der Waals surface area (Å²) < 4.78 is 27.6. The van der Waals surface area contributed by atoms with Crippen LogP contribution in [0.25, 0.3) is 0 Å². The minimum atomic E-state index is -3.67. The van der Waals surface area contributed by atoms with Gasteiger partial charge in [-0.05, 0) is 43.5 Å². The molecular formula is C14H19Cl2N3O2S. The molecule has 0 heterocycles. The number of benzene rings is 1. The highest BCUT2D eigenvalue weighted by molar-refractivity contribution is 7.89. The SMILES string of the molecule is Cl.N#Cc1cc(S(=O)(=O)NC2CCCCC2CN)ccc1Cl. The zero-order valence-electron chi connectivity index (χ0n) is 12.0. The second-order valence-corrected chi connectivity index (χ2v) is 7.38. The second kappa shape index (κ2) is 8.14. The molecule has 2 unspecified atom stereocenters. The number of nitriles is 1. The molecule has 122 valence electrons. The van der Waals surface area contributed by atoms with Crippen LogP contribution in [-0.2, 0) is 10.0 Å². The number of sulfonamides is 1. The molecule has 0 spiro atoms. The molecule has 1 saturated carbocycles. The van der Waals surface area contributed by atoms with Crippen LogP contribution in [0.3, 0.4) is 0 Å². The Balaban J connectivity index is 0.00000242. The maximum Gasteiger partial charge on any atom is 0.240 e. The van der Waals surface area contributed by atoms with Crippen LogP contribution in [0.1, 0.15) is 31.2 Å². The molecule has 1 aromatic carbocycles. The van der Waals surface area contributed by atoms with Gasteiger partial charge >= 0.3 is 0 Å². The summed E-state index contributed by atoms with van der Waals surface area (Å²) in [5, 5.41) is 9.19.